The van der Waals surface area contributed by atoms with Crippen LogP contribution >= 0.6 is 23.2 Å². The van der Waals surface area contributed by atoms with Crippen molar-refractivity contribution in [2.75, 3.05) is 6.61 Å². The van der Waals surface area contributed by atoms with Crippen LogP contribution in [0.4, 0.5) is 0 Å². The highest BCUT2D eigenvalue weighted by Crippen LogP contribution is 2.35. The third kappa shape index (κ3) is 3.39. The molecule has 0 saturated carbocycles. The predicted molar refractivity (Wildman–Crippen MR) is 80.0 cm³/mol. The van der Waals surface area contributed by atoms with Crippen LogP contribution < -0.4 is 0 Å². The van der Waals surface area contributed by atoms with Crippen LogP contribution in [0.5, 0.6) is 0 Å². The van der Waals surface area contributed by atoms with E-state index in [0.29, 0.717) is 22.7 Å². The first kappa shape index (κ1) is 16.7. The highest BCUT2D eigenvalue weighted by Gasteiger charge is 2.33. The Balaban J connectivity index is 3.34. The molecular formula is C14H22Cl2N2O. The molecule has 0 atom stereocenters. The monoisotopic (exact) mass is 304 g/mol. The molecule has 0 fully saturated rings. The van der Waals surface area contributed by atoms with Gasteiger partial charge in [-0.3, -0.25) is 0 Å². The molecule has 0 N–H and O–H groups in total. The number of ether oxygens (including phenoxy) is 1. The largest absolute Gasteiger partial charge is 0.367 e. The Hall–Kier alpha value is -0.380. The van der Waals surface area contributed by atoms with Gasteiger partial charge in [-0.05, 0) is 25.7 Å². The van der Waals surface area contributed by atoms with Gasteiger partial charge in [0.25, 0.3) is 0 Å². The number of nitrogens with zero attached hydrogens (tertiary/aromatic N) is 2. The summed E-state index contributed by atoms with van der Waals surface area (Å²) < 4.78 is 5.88. The smallest absolute Gasteiger partial charge is 0.163 e. The molecule has 0 aromatic carbocycles. The Kier molecular flexibility index (Phi) is 6.03. The fraction of sp³-hybridized carbons (Fsp3) is 0.714. The highest BCUT2D eigenvalue weighted by atomic mass is 35.5. The van der Waals surface area contributed by atoms with Gasteiger partial charge in [0, 0.05) is 12.2 Å². The summed E-state index contributed by atoms with van der Waals surface area (Å²) in [5.41, 5.74) is 0.294. The van der Waals surface area contributed by atoms with Crippen molar-refractivity contribution in [1.29, 1.82) is 0 Å². The van der Waals surface area contributed by atoms with E-state index in [1.165, 1.54) is 0 Å². The second-order valence-corrected chi connectivity index (χ2v) is 5.55. The van der Waals surface area contributed by atoms with Crippen molar-refractivity contribution in [3.05, 3.63) is 21.7 Å². The summed E-state index contributed by atoms with van der Waals surface area (Å²) in [6.45, 7) is 10.7. The zero-order valence-electron chi connectivity index (χ0n) is 12.3. The lowest BCUT2D eigenvalue weighted by atomic mass is 9.95. The normalized spacial score (nSPS) is 12.2. The molecule has 0 amide bonds. The van der Waals surface area contributed by atoms with Crippen molar-refractivity contribution in [3.63, 3.8) is 0 Å². The lowest BCUT2D eigenvalue weighted by Gasteiger charge is -2.30. The van der Waals surface area contributed by atoms with Crippen molar-refractivity contribution in [1.82, 2.24) is 9.97 Å². The van der Waals surface area contributed by atoms with Crippen molar-refractivity contribution in [2.24, 2.45) is 0 Å². The molecule has 5 heteroatoms. The first-order valence-corrected chi connectivity index (χ1v) is 7.54. The SMILES string of the molecule is CCOC(CC)(CC)c1nc(Cl)c(C(C)C)c(Cl)n1. The van der Waals surface area contributed by atoms with Crippen molar-refractivity contribution in [2.45, 2.75) is 59.0 Å². The van der Waals surface area contributed by atoms with E-state index < -0.39 is 5.60 Å². The molecule has 1 aromatic heterocycles. The fourth-order valence-electron chi connectivity index (χ4n) is 2.21. The predicted octanol–water partition coefficient (Wildman–Crippen LogP) is 4.96. The number of rotatable bonds is 6. The van der Waals surface area contributed by atoms with Gasteiger partial charge in [0.1, 0.15) is 15.9 Å². The van der Waals surface area contributed by atoms with Crippen molar-refractivity contribution < 1.29 is 4.74 Å². The zero-order chi connectivity index (χ0) is 14.6. The topological polar surface area (TPSA) is 35.0 Å². The lowest BCUT2D eigenvalue weighted by Crippen LogP contribution is -2.31. The van der Waals surface area contributed by atoms with Gasteiger partial charge in [-0.15, -0.1) is 0 Å². The van der Waals surface area contributed by atoms with Crippen molar-refractivity contribution >= 4 is 23.2 Å². The summed E-state index contributed by atoms with van der Waals surface area (Å²) >= 11 is 12.5. The van der Waals surface area contributed by atoms with Gasteiger partial charge in [0.05, 0.1) is 0 Å². The molecule has 0 aliphatic rings. The fourth-order valence-corrected chi connectivity index (χ4v) is 3.03. The van der Waals surface area contributed by atoms with Crippen LogP contribution in [0, 0.1) is 0 Å². The van der Waals surface area contributed by atoms with Crippen LogP contribution in [0.1, 0.15) is 64.8 Å². The minimum atomic E-state index is -0.502. The quantitative estimate of drug-likeness (QED) is 0.697. The van der Waals surface area contributed by atoms with Crippen LogP contribution in [0.2, 0.25) is 10.3 Å². The minimum absolute atomic E-state index is 0.193. The van der Waals surface area contributed by atoms with E-state index in [1.807, 2.05) is 20.8 Å². The van der Waals surface area contributed by atoms with Crippen LogP contribution in [-0.2, 0) is 10.3 Å². The maximum atomic E-state index is 6.26. The van der Waals surface area contributed by atoms with E-state index in [4.69, 9.17) is 27.9 Å². The molecule has 0 aliphatic carbocycles. The molecule has 0 unspecified atom stereocenters. The third-order valence-electron chi connectivity index (χ3n) is 3.40. The summed E-state index contributed by atoms with van der Waals surface area (Å²) in [4.78, 5) is 8.87. The number of halogens is 2. The summed E-state index contributed by atoms with van der Waals surface area (Å²) in [5.74, 6) is 0.776. The van der Waals surface area contributed by atoms with Gasteiger partial charge in [-0.2, -0.15) is 0 Å². The molecule has 1 heterocycles. The zero-order valence-corrected chi connectivity index (χ0v) is 13.8. The maximum absolute atomic E-state index is 6.26. The second-order valence-electron chi connectivity index (χ2n) is 4.83. The molecule has 1 rings (SSSR count). The van der Waals surface area contributed by atoms with E-state index in [1.54, 1.807) is 0 Å². The number of hydrogen-bond acceptors (Lipinski definition) is 3. The Morgan fingerprint density at radius 3 is 1.84 bits per heavy atom. The van der Waals surface area contributed by atoms with E-state index in [-0.39, 0.29) is 5.92 Å². The first-order valence-electron chi connectivity index (χ1n) is 6.79. The summed E-state index contributed by atoms with van der Waals surface area (Å²) in [6, 6.07) is 0. The van der Waals surface area contributed by atoms with Crippen LogP contribution in [0.3, 0.4) is 0 Å². The van der Waals surface area contributed by atoms with Crippen LogP contribution in [-0.4, -0.2) is 16.6 Å². The standard InChI is InChI=1S/C14H22Cl2N2O/c1-6-14(7-2,19-8-3)13-17-11(15)10(9(4)5)12(16)18-13/h9H,6-8H2,1-5H3. The van der Waals surface area contributed by atoms with E-state index in [2.05, 4.69) is 23.8 Å². The molecule has 19 heavy (non-hydrogen) atoms. The van der Waals surface area contributed by atoms with Gasteiger partial charge in [0.15, 0.2) is 5.82 Å². The maximum Gasteiger partial charge on any atom is 0.163 e. The van der Waals surface area contributed by atoms with E-state index >= 15 is 0 Å². The number of aromatic nitrogens is 2. The molecule has 0 spiro atoms. The van der Waals surface area contributed by atoms with Crippen LogP contribution in [0.25, 0.3) is 0 Å². The molecule has 0 aliphatic heterocycles. The Bertz CT molecular complexity index is 408. The number of hydrogen-bond donors (Lipinski definition) is 0. The molecule has 0 bridgehead atoms. The van der Waals surface area contributed by atoms with Gasteiger partial charge in [0.2, 0.25) is 0 Å². The second kappa shape index (κ2) is 6.87. The lowest BCUT2D eigenvalue weighted by molar-refractivity contribution is -0.0571. The Labute approximate surface area is 125 Å². The van der Waals surface area contributed by atoms with E-state index in [0.717, 1.165) is 18.4 Å². The van der Waals surface area contributed by atoms with Gasteiger partial charge in [-0.1, -0.05) is 50.9 Å². The molecule has 0 saturated heterocycles. The minimum Gasteiger partial charge on any atom is -0.367 e. The Morgan fingerprint density at radius 1 is 1.05 bits per heavy atom. The molecule has 108 valence electrons. The highest BCUT2D eigenvalue weighted by molar-refractivity contribution is 6.34. The summed E-state index contributed by atoms with van der Waals surface area (Å²) in [7, 11) is 0. The Morgan fingerprint density at radius 2 is 1.53 bits per heavy atom. The van der Waals surface area contributed by atoms with Crippen LogP contribution in [0.15, 0.2) is 0 Å². The molecule has 0 radical (unpaired) electrons. The average Bonchev–Trinajstić information content (AvgIpc) is 2.34. The van der Waals surface area contributed by atoms with Gasteiger partial charge in [-0.25, -0.2) is 9.97 Å². The summed E-state index contributed by atoms with van der Waals surface area (Å²) in [5, 5.41) is 0.854. The molecule has 1 aromatic rings. The summed E-state index contributed by atoms with van der Waals surface area (Å²) in [6.07, 6.45) is 1.57. The third-order valence-corrected chi connectivity index (χ3v) is 3.98. The molecular weight excluding hydrogens is 283 g/mol. The first-order chi connectivity index (χ1) is 8.91. The van der Waals surface area contributed by atoms with Gasteiger partial charge < -0.3 is 4.74 Å². The van der Waals surface area contributed by atoms with Crippen molar-refractivity contribution in [3.8, 4) is 0 Å². The van der Waals surface area contributed by atoms with Gasteiger partial charge >= 0.3 is 0 Å². The van der Waals surface area contributed by atoms with E-state index in [9.17, 15) is 0 Å². The molecule has 3 nitrogen and oxygen atoms in total. The average molecular weight is 305 g/mol.